The van der Waals surface area contributed by atoms with E-state index in [9.17, 15) is 0 Å². The van der Waals surface area contributed by atoms with Gasteiger partial charge in [0.25, 0.3) is 0 Å². The summed E-state index contributed by atoms with van der Waals surface area (Å²) >= 11 is 0. The van der Waals surface area contributed by atoms with Crippen LogP contribution in [0, 0.1) is 11.3 Å². The molecule has 0 spiro atoms. The van der Waals surface area contributed by atoms with Crippen molar-refractivity contribution in [1.29, 1.82) is 5.26 Å². The molecular formula is C14H21N5. The Morgan fingerprint density at radius 3 is 2.58 bits per heavy atom. The van der Waals surface area contributed by atoms with Crippen molar-refractivity contribution in [3.05, 3.63) is 12.4 Å². The Bertz CT molecular complexity index is 457. The van der Waals surface area contributed by atoms with Crippen molar-refractivity contribution < 1.29 is 0 Å². The third-order valence-corrected chi connectivity index (χ3v) is 3.34. The molecule has 5 nitrogen and oxygen atoms in total. The Morgan fingerprint density at radius 2 is 1.89 bits per heavy atom. The van der Waals surface area contributed by atoms with E-state index in [2.05, 4.69) is 26.7 Å². The van der Waals surface area contributed by atoms with Gasteiger partial charge in [0.15, 0.2) is 0 Å². The van der Waals surface area contributed by atoms with Crippen molar-refractivity contribution in [2.45, 2.75) is 57.5 Å². The quantitative estimate of drug-likeness (QED) is 0.869. The molecule has 1 aliphatic rings. The fourth-order valence-electron chi connectivity index (χ4n) is 2.31. The van der Waals surface area contributed by atoms with Crippen molar-refractivity contribution in [2.24, 2.45) is 0 Å². The molecule has 1 aromatic heterocycles. The Labute approximate surface area is 114 Å². The van der Waals surface area contributed by atoms with E-state index < -0.39 is 5.54 Å². The number of nitrogens with one attached hydrogen (secondary N) is 2. The average molecular weight is 259 g/mol. The Kier molecular flexibility index (Phi) is 4.20. The van der Waals surface area contributed by atoms with Crippen LogP contribution in [0.2, 0.25) is 0 Å². The van der Waals surface area contributed by atoms with Crippen molar-refractivity contribution in [3.8, 4) is 6.07 Å². The molecule has 19 heavy (non-hydrogen) atoms. The molecule has 1 aliphatic carbocycles. The number of nitriles is 1. The van der Waals surface area contributed by atoms with Crippen LogP contribution in [0.3, 0.4) is 0 Å². The van der Waals surface area contributed by atoms with Gasteiger partial charge in [0.1, 0.15) is 23.5 Å². The summed E-state index contributed by atoms with van der Waals surface area (Å²) in [7, 11) is 0. The molecular weight excluding hydrogens is 238 g/mol. The minimum Gasteiger partial charge on any atom is -0.367 e. The summed E-state index contributed by atoms with van der Waals surface area (Å²) in [5.41, 5.74) is -0.629. The molecule has 0 aliphatic heterocycles. The molecule has 0 saturated heterocycles. The van der Waals surface area contributed by atoms with E-state index >= 15 is 0 Å². The normalized spacial score (nSPS) is 16.7. The van der Waals surface area contributed by atoms with Gasteiger partial charge in [-0.3, -0.25) is 0 Å². The van der Waals surface area contributed by atoms with Crippen LogP contribution in [0.5, 0.6) is 0 Å². The highest BCUT2D eigenvalue weighted by molar-refractivity contribution is 5.49. The van der Waals surface area contributed by atoms with Gasteiger partial charge in [0.05, 0.1) is 6.07 Å². The first-order valence-corrected chi connectivity index (χ1v) is 6.87. The van der Waals surface area contributed by atoms with Gasteiger partial charge in [-0.05, 0) is 26.7 Å². The van der Waals surface area contributed by atoms with Crippen LogP contribution in [0.25, 0.3) is 0 Å². The summed E-state index contributed by atoms with van der Waals surface area (Å²) in [4.78, 5) is 8.40. The molecule has 2 rings (SSSR count). The predicted molar refractivity (Wildman–Crippen MR) is 75.8 cm³/mol. The van der Waals surface area contributed by atoms with Crippen LogP contribution in [-0.2, 0) is 0 Å². The van der Waals surface area contributed by atoms with Gasteiger partial charge in [-0.15, -0.1) is 0 Å². The van der Waals surface area contributed by atoms with Gasteiger partial charge < -0.3 is 10.6 Å². The van der Waals surface area contributed by atoms with E-state index in [-0.39, 0.29) is 0 Å². The maximum Gasteiger partial charge on any atom is 0.132 e. The second-order valence-electron chi connectivity index (χ2n) is 5.63. The Balaban J connectivity index is 2.00. The number of anilines is 2. The summed E-state index contributed by atoms with van der Waals surface area (Å²) in [6.07, 6.45) is 7.85. The summed E-state index contributed by atoms with van der Waals surface area (Å²) in [6, 6.07) is 4.58. The summed E-state index contributed by atoms with van der Waals surface area (Å²) in [5.74, 6) is 1.51. The summed E-state index contributed by atoms with van der Waals surface area (Å²) in [6.45, 7) is 3.65. The minimum absolute atomic E-state index is 0.514. The van der Waals surface area contributed by atoms with E-state index in [1.54, 1.807) is 0 Å². The van der Waals surface area contributed by atoms with Crippen molar-refractivity contribution in [1.82, 2.24) is 9.97 Å². The second kappa shape index (κ2) is 5.87. The van der Waals surface area contributed by atoms with Crippen LogP contribution in [-0.4, -0.2) is 21.5 Å². The van der Waals surface area contributed by atoms with Crippen LogP contribution >= 0.6 is 0 Å². The van der Waals surface area contributed by atoms with Crippen molar-refractivity contribution in [2.75, 3.05) is 10.6 Å². The fraction of sp³-hybridized carbons (Fsp3) is 0.643. The molecule has 1 saturated carbocycles. The van der Waals surface area contributed by atoms with E-state index in [4.69, 9.17) is 5.26 Å². The zero-order valence-corrected chi connectivity index (χ0v) is 11.6. The van der Waals surface area contributed by atoms with Gasteiger partial charge in [0, 0.05) is 12.1 Å². The van der Waals surface area contributed by atoms with Gasteiger partial charge in [-0.25, -0.2) is 9.97 Å². The number of hydrogen-bond acceptors (Lipinski definition) is 5. The molecule has 1 fully saturated rings. The van der Waals surface area contributed by atoms with E-state index in [1.165, 1.54) is 38.4 Å². The minimum atomic E-state index is -0.629. The highest BCUT2D eigenvalue weighted by Gasteiger charge is 2.17. The van der Waals surface area contributed by atoms with Gasteiger partial charge in [-0.1, -0.05) is 19.3 Å². The monoisotopic (exact) mass is 259 g/mol. The van der Waals surface area contributed by atoms with Crippen LogP contribution in [0.15, 0.2) is 12.4 Å². The standard InChI is InChI=1S/C14H21N5/c1-14(2,9-15)19-13-8-12(16-10-17-13)18-11-6-4-3-5-7-11/h8,10-11H,3-7H2,1-2H3,(H2,16,17,18,19). The first kappa shape index (κ1) is 13.6. The molecule has 0 unspecified atom stereocenters. The van der Waals surface area contributed by atoms with Crippen LogP contribution < -0.4 is 10.6 Å². The van der Waals surface area contributed by atoms with Gasteiger partial charge >= 0.3 is 0 Å². The SMILES string of the molecule is CC(C)(C#N)Nc1cc(NC2CCCCC2)ncn1. The van der Waals surface area contributed by atoms with Crippen molar-refractivity contribution >= 4 is 11.6 Å². The smallest absolute Gasteiger partial charge is 0.132 e. The summed E-state index contributed by atoms with van der Waals surface area (Å²) < 4.78 is 0. The Hall–Kier alpha value is -1.83. The van der Waals surface area contributed by atoms with E-state index in [0.717, 1.165) is 5.82 Å². The van der Waals surface area contributed by atoms with Gasteiger partial charge in [0.2, 0.25) is 0 Å². The third kappa shape index (κ3) is 4.09. The van der Waals surface area contributed by atoms with Crippen molar-refractivity contribution in [3.63, 3.8) is 0 Å². The molecule has 0 aromatic carbocycles. The molecule has 1 heterocycles. The maximum absolute atomic E-state index is 9.01. The molecule has 0 amide bonds. The number of hydrogen-bond donors (Lipinski definition) is 2. The first-order valence-electron chi connectivity index (χ1n) is 6.87. The molecule has 5 heteroatoms. The lowest BCUT2D eigenvalue weighted by Crippen LogP contribution is -2.29. The van der Waals surface area contributed by atoms with Gasteiger partial charge in [-0.2, -0.15) is 5.26 Å². The molecule has 2 N–H and O–H groups in total. The molecule has 0 radical (unpaired) electrons. The fourth-order valence-corrected chi connectivity index (χ4v) is 2.31. The molecule has 0 bridgehead atoms. The lowest BCUT2D eigenvalue weighted by atomic mass is 9.95. The maximum atomic E-state index is 9.01. The molecule has 0 atom stereocenters. The Morgan fingerprint density at radius 1 is 1.21 bits per heavy atom. The lowest BCUT2D eigenvalue weighted by Gasteiger charge is -2.24. The van der Waals surface area contributed by atoms with Crippen LogP contribution in [0.4, 0.5) is 11.6 Å². The zero-order valence-electron chi connectivity index (χ0n) is 11.6. The van der Waals surface area contributed by atoms with E-state index in [1.807, 2.05) is 19.9 Å². The number of rotatable bonds is 4. The molecule has 102 valence electrons. The molecule has 1 aromatic rings. The van der Waals surface area contributed by atoms with Crippen LogP contribution in [0.1, 0.15) is 46.0 Å². The average Bonchev–Trinajstić information content (AvgIpc) is 2.40. The second-order valence-corrected chi connectivity index (χ2v) is 5.63. The zero-order chi connectivity index (χ0) is 13.7. The third-order valence-electron chi connectivity index (χ3n) is 3.34. The first-order chi connectivity index (χ1) is 9.09. The summed E-state index contributed by atoms with van der Waals surface area (Å²) in [5, 5.41) is 15.6. The number of nitrogens with zero attached hydrogens (tertiary/aromatic N) is 3. The highest BCUT2D eigenvalue weighted by Crippen LogP contribution is 2.22. The number of aromatic nitrogens is 2. The van der Waals surface area contributed by atoms with E-state index in [0.29, 0.717) is 11.9 Å². The largest absolute Gasteiger partial charge is 0.367 e. The predicted octanol–water partition coefficient (Wildman–Crippen LogP) is 2.94. The topological polar surface area (TPSA) is 73.6 Å². The lowest BCUT2D eigenvalue weighted by molar-refractivity contribution is 0.462. The highest BCUT2D eigenvalue weighted by atomic mass is 15.1.